The van der Waals surface area contributed by atoms with Crippen molar-refractivity contribution in [2.45, 2.75) is 19.6 Å². The molecule has 0 bridgehead atoms. The van der Waals surface area contributed by atoms with Gasteiger partial charge in [-0.15, -0.1) is 0 Å². The van der Waals surface area contributed by atoms with Gasteiger partial charge in [-0.25, -0.2) is 0 Å². The second-order valence-corrected chi connectivity index (χ2v) is 4.74. The summed E-state index contributed by atoms with van der Waals surface area (Å²) < 4.78 is 5.84. The molecule has 2 rings (SSSR count). The Hall–Kier alpha value is -1.58. The zero-order valence-corrected chi connectivity index (χ0v) is 11.8. The molecule has 0 saturated carbocycles. The van der Waals surface area contributed by atoms with Crippen LogP contribution in [-0.4, -0.2) is 12.0 Å². The van der Waals surface area contributed by atoms with Crippen LogP contribution >= 0.6 is 11.6 Å². The number of halogens is 1. The Bertz CT molecular complexity index is 531. The first kappa shape index (κ1) is 13.8. The van der Waals surface area contributed by atoms with Gasteiger partial charge in [0.25, 0.3) is 0 Å². The van der Waals surface area contributed by atoms with Crippen LogP contribution in [0.1, 0.15) is 24.2 Å². The first-order valence-electron chi connectivity index (χ1n) is 6.20. The molecule has 0 aliphatic carbocycles. The van der Waals surface area contributed by atoms with Gasteiger partial charge in [-0.05, 0) is 44.3 Å². The Labute approximate surface area is 118 Å². The predicted molar refractivity (Wildman–Crippen MR) is 77.5 cm³/mol. The van der Waals surface area contributed by atoms with E-state index in [9.17, 15) is 0 Å². The summed E-state index contributed by atoms with van der Waals surface area (Å²) in [6.07, 6.45) is 1.76. The minimum Gasteiger partial charge on any atom is -0.487 e. The van der Waals surface area contributed by atoms with Crippen molar-refractivity contribution in [3.8, 4) is 5.75 Å². The maximum atomic E-state index is 6.04. The summed E-state index contributed by atoms with van der Waals surface area (Å²) in [6, 6.07) is 11.6. The maximum Gasteiger partial charge on any atom is 0.130 e. The number of hydrogen-bond acceptors (Lipinski definition) is 3. The van der Waals surface area contributed by atoms with E-state index in [1.165, 1.54) is 0 Å². The summed E-state index contributed by atoms with van der Waals surface area (Å²) in [6.45, 7) is 2.52. The lowest BCUT2D eigenvalue weighted by Gasteiger charge is -2.16. The Kier molecular flexibility index (Phi) is 4.77. The largest absolute Gasteiger partial charge is 0.487 e. The van der Waals surface area contributed by atoms with Gasteiger partial charge in [0.05, 0.1) is 5.69 Å². The van der Waals surface area contributed by atoms with Crippen LogP contribution in [0.25, 0.3) is 0 Å². The second-order valence-electron chi connectivity index (χ2n) is 4.30. The van der Waals surface area contributed by atoms with E-state index in [0.717, 1.165) is 17.0 Å². The standard InChI is InChI=1S/C15H17ClN2O/c1-11(17-2)14-9-12(16)6-7-15(14)19-10-13-5-3-4-8-18-13/h3-9,11,17H,10H2,1-2H3. The van der Waals surface area contributed by atoms with Crippen LogP contribution in [-0.2, 0) is 6.61 Å². The molecule has 1 aromatic heterocycles. The summed E-state index contributed by atoms with van der Waals surface area (Å²) in [7, 11) is 1.91. The monoisotopic (exact) mass is 276 g/mol. The van der Waals surface area contributed by atoms with Gasteiger partial charge >= 0.3 is 0 Å². The van der Waals surface area contributed by atoms with E-state index in [0.29, 0.717) is 11.6 Å². The molecule has 0 aliphatic rings. The van der Waals surface area contributed by atoms with Gasteiger partial charge in [-0.1, -0.05) is 17.7 Å². The number of nitrogens with zero attached hydrogens (tertiary/aromatic N) is 1. The van der Waals surface area contributed by atoms with Crippen LogP contribution in [0.2, 0.25) is 5.02 Å². The third-order valence-electron chi connectivity index (χ3n) is 2.97. The zero-order valence-electron chi connectivity index (χ0n) is 11.1. The summed E-state index contributed by atoms with van der Waals surface area (Å²) in [5, 5.41) is 3.90. The van der Waals surface area contributed by atoms with Crippen molar-refractivity contribution in [1.29, 1.82) is 0 Å². The SMILES string of the molecule is CNC(C)c1cc(Cl)ccc1OCc1ccccn1. The highest BCUT2D eigenvalue weighted by Gasteiger charge is 2.11. The quantitative estimate of drug-likeness (QED) is 0.906. The number of ether oxygens (including phenoxy) is 1. The molecule has 1 aromatic carbocycles. The first-order chi connectivity index (χ1) is 9.20. The number of rotatable bonds is 5. The summed E-state index contributed by atoms with van der Waals surface area (Å²) >= 11 is 6.04. The van der Waals surface area contributed by atoms with Gasteiger partial charge in [-0.2, -0.15) is 0 Å². The molecule has 1 heterocycles. The number of aromatic nitrogens is 1. The van der Waals surface area contributed by atoms with Gasteiger partial charge in [0.2, 0.25) is 0 Å². The van der Waals surface area contributed by atoms with E-state index < -0.39 is 0 Å². The molecule has 0 spiro atoms. The molecule has 1 N–H and O–H groups in total. The van der Waals surface area contributed by atoms with E-state index in [-0.39, 0.29) is 6.04 Å². The van der Waals surface area contributed by atoms with Crippen LogP contribution in [0.15, 0.2) is 42.6 Å². The Balaban J connectivity index is 2.15. The number of hydrogen-bond donors (Lipinski definition) is 1. The average molecular weight is 277 g/mol. The first-order valence-corrected chi connectivity index (χ1v) is 6.58. The molecule has 0 amide bonds. The van der Waals surface area contributed by atoms with Gasteiger partial charge in [0.15, 0.2) is 0 Å². The van der Waals surface area contributed by atoms with Crippen molar-refractivity contribution in [3.05, 3.63) is 58.9 Å². The fourth-order valence-corrected chi connectivity index (χ4v) is 1.96. The van der Waals surface area contributed by atoms with Crippen LogP contribution in [0.3, 0.4) is 0 Å². The maximum absolute atomic E-state index is 6.04. The van der Waals surface area contributed by atoms with E-state index in [1.54, 1.807) is 6.20 Å². The lowest BCUT2D eigenvalue weighted by molar-refractivity contribution is 0.295. The summed E-state index contributed by atoms with van der Waals surface area (Å²) in [5.41, 5.74) is 1.95. The summed E-state index contributed by atoms with van der Waals surface area (Å²) in [4.78, 5) is 4.24. The van der Waals surface area contributed by atoms with Crippen molar-refractivity contribution in [2.24, 2.45) is 0 Å². The molecule has 0 fully saturated rings. The highest BCUT2D eigenvalue weighted by Crippen LogP contribution is 2.28. The lowest BCUT2D eigenvalue weighted by atomic mass is 10.1. The molecule has 0 aliphatic heterocycles. The fraction of sp³-hybridized carbons (Fsp3) is 0.267. The van der Waals surface area contributed by atoms with Crippen LogP contribution in [0.4, 0.5) is 0 Å². The third kappa shape index (κ3) is 3.69. The minimum absolute atomic E-state index is 0.178. The van der Waals surface area contributed by atoms with Crippen molar-refractivity contribution in [2.75, 3.05) is 7.05 Å². The van der Waals surface area contributed by atoms with E-state index >= 15 is 0 Å². The molecule has 1 atom stereocenters. The van der Waals surface area contributed by atoms with Gasteiger partial charge in [0.1, 0.15) is 12.4 Å². The normalized spacial score (nSPS) is 12.2. The van der Waals surface area contributed by atoms with Gasteiger partial charge in [0, 0.05) is 22.8 Å². The molecule has 2 aromatic rings. The lowest BCUT2D eigenvalue weighted by Crippen LogP contribution is -2.14. The van der Waals surface area contributed by atoms with Crippen LogP contribution < -0.4 is 10.1 Å². The Morgan fingerprint density at radius 2 is 2.16 bits per heavy atom. The van der Waals surface area contributed by atoms with Gasteiger partial charge < -0.3 is 10.1 Å². The van der Waals surface area contributed by atoms with Crippen molar-refractivity contribution in [3.63, 3.8) is 0 Å². The second kappa shape index (κ2) is 6.55. The van der Waals surface area contributed by atoms with E-state index in [4.69, 9.17) is 16.3 Å². The topological polar surface area (TPSA) is 34.1 Å². The Morgan fingerprint density at radius 1 is 1.32 bits per heavy atom. The highest BCUT2D eigenvalue weighted by molar-refractivity contribution is 6.30. The molecular weight excluding hydrogens is 260 g/mol. The molecule has 1 unspecified atom stereocenters. The predicted octanol–water partition coefficient (Wildman–Crippen LogP) is 3.59. The van der Waals surface area contributed by atoms with Crippen molar-refractivity contribution in [1.82, 2.24) is 10.3 Å². The fourth-order valence-electron chi connectivity index (χ4n) is 1.78. The molecule has 100 valence electrons. The van der Waals surface area contributed by atoms with E-state index in [1.807, 2.05) is 43.4 Å². The average Bonchev–Trinajstić information content (AvgIpc) is 2.46. The number of nitrogens with one attached hydrogen (secondary N) is 1. The molecular formula is C15H17ClN2O. The zero-order chi connectivity index (χ0) is 13.7. The van der Waals surface area contributed by atoms with Crippen molar-refractivity contribution < 1.29 is 4.74 Å². The van der Waals surface area contributed by atoms with Crippen LogP contribution in [0.5, 0.6) is 5.75 Å². The van der Waals surface area contributed by atoms with Gasteiger partial charge in [-0.3, -0.25) is 4.98 Å². The number of pyridine rings is 1. The van der Waals surface area contributed by atoms with Crippen molar-refractivity contribution >= 4 is 11.6 Å². The molecule has 19 heavy (non-hydrogen) atoms. The molecule has 4 heteroatoms. The molecule has 0 radical (unpaired) electrons. The van der Waals surface area contributed by atoms with E-state index in [2.05, 4.69) is 17.2 Å². The number of benzene rings is 1. The third-order valence-corrected chi connectivity index (χ3v) is 3.21. The Morgan fingerprint density at radius 3 is 2.84 bits per heavy atom. The smallest absolute Gasteiger partial charge is 0.130 e. The summed E-state index contributed by atoms with van der Waals surface area (Å²) in [5.74, 6) is 0.830. The molecule has 3 nitrogen and oxygen atoms in total. The minimum atomic E-state index is 0.178. The molecule has 0 saturated heterocycles. The van der Waals surface area contributed by atoms with Crippen LogP contribution in [0, 0.1) is 0 Å². The highest BCUT2D eigenvalue weighted by atomic mass is 35.5.